The predicted molar refractivity (Wildman–Crippen MR) is 96.6 cm³/mol. The number of hydrogen-bond donors (Lipinski definition) is 0. The van der Waals surface area contributed by atoms with Gasteiger partial charge in [-0.3, -0.25) is 9.59 Å². The van der Waals surface area contributed by atoms with E-state index < -0.39 is 6.04 Å². The van der Waals surface area contributed by atoms with Crippen molar-refractivity contribution in [3.8, 4) is 11.1 Å². The first kappa shape index (κ1) is 15.9. The first-order chi connectivity index (χ1) is 12.2. The minimum Gasteiger partial charge on any atom is -0.329 e. The molecule has 4 heteroatoms. The molecule has 2 aliphatic rings. The van der Waals surface area contributed by atoms with Crippen LogP contribution in [0.1, 0.15) is 25.3 Å². The van der Waals surface area contributed by atoms with Crippen molar-refractivity contribution in [2.75, 3.05) is 6.54 Å². The first-order valence-electron chi connectivity index (χ1n) is 8.91. The fraction of sp³-hybridized carbons (Fsp3) is 0.333. The van der Waals surface area contributed by atoms with E-state index in [0.29, 0.717) is 13.1 Å². The van der Waals surface area contributed by atoms with Crippen LogP contribution in [0.4, 0.5) is 0 Å². The molecule has 0 unspecified atom stereocenters. The van der Waals surface area contributed by atoms with Gasteiger partial charge in [0.25, 0.3) is 0 Å². The van der Waals surface area contributed by atoms with Crippen LogP contribution in [-0.2, 0) is 16.1 Å². The van der Waals surface area contributed by atoms with Gasteiger partial charge in [0.15, 0.2) is 0 Å². The van der Waals surface area contributed by atoms with Gasteiger partial charge in [-0.2, -0.15) is 0 Å². The second-order valence-electron chi connectivity index (χ2n) is 6.85. The summed E-state index contributed by atoms with van der Waals surface area (Å²) >= 11 is 0. The average molecular weight is 334 g/mol. The van der Waals surface area contributed by atoms with E-state index in [2.05, 4.69) is 18.2 Å². The van der Waals surface area contributed by atoms with Crippen LogP contribution in [0, 0.1) is 0 Å². The number of piperazine rings is 1. The molecule has 128 valence electrons. The smallest absolute Gasteiger partial charge is 0.246 e. The molecule has 0 spiro atoms. The normalized spacial score (nSPS) is 23.1. The van der Waals surface area contributed by atoms with E-state index in [1.807, 2.05) is 43.3 Å². The van der Waals surface area contributed by atoms with E-state index in [9.17, 15) is 9.59 Å². The molecule has 2 fully saturated rings. The lowest BCUT2D eigenvalue weighted by atomic mass is 9.98. The molecule has 2 amide bonds. The molecule has 0 bridgehead atoms. The van der Waals surface area contributed by atoms with Crippen molar-refractivity contribution in [3.63, 3.8) is 0 Å². The fourth-order valence-corrected chi connectivity index (χ4v) is 4.00. The minimum atomic E-state index is -0.398. The van der Waals surface area contributed by atoms with E-state index in [1.165, 1.54) is 0 Å². The molecule has 25 heavy (non-hydrogen) atoms. The summed E-state index contributed by atoms with van der Waals surface area (Å²) in [5, 5.41) is 0. The van der Waals surface area contributed by atoms with E-state index >= 15 is 0 Å². The van der Waals surface area contributed by atoms with E-state index in [0.717, 1.165) is 29.5 Å². The number of rotatable bonds is 3. The topological polar surface area (TPSA) is 40.6 Å². The van der Waals surface area contributed by atoms with Gasteiger partial charge in [0, 0.05) is 13.1 Å². The number of benzene rings is 2. The Morgan fingerprint density at radius 3 is 2.48 bits per heavy atom. The second kappa shape index (κ2) is 6.36. The van der Waals surface area contributed by atoms with Crippen LogP contribution in [-0.4, -0.2) is 40.2 Å². The largest absolute Gasteiger partial charge is 0.329 e. The van der Waals surface area contributed by atoms with E-state index in [1.54, 1.807) is 9.80 Å². The molecule has 2 heterocycles. The minimum absolute atomic E-state index is 0.0827. The van der Waals surface area contributed by atoms with Gasteiger partial charge in [-0.1, -0.05) is 54.6 Å². The standard InChI is InChI=1S/C21H22N2O2/c1-15-20(24)22-13-7-12-19(22)21(25)23(15)14-17-10-5-6-11-18(17)16-8-3-2-4-9-16/h2-6,8-11,15,19H,7,12-14H2,1H3/t15-,19-/m0/s1. The summed E-state index contributed by atoms with van der Waals surface area (Å²) in [6, 6.07) is 17.6. The highest BCUT2D eigenvalue weighted by molar-refractivity contribution is 5.97. The second-order valence-corrected chi connectivity index (χ2v) is 6.85. The number of carbonyl (C=O) groups excluding carboxylic acids is 2. The highest BCUT2D eigenvalue weighted by Gasteiger charge is 2.45. The third kappa shape index (κ3) is 2.72. The average Bonchev–Trinajstić information content (AvgIpc) is 3.15. The van der Waals surface area contributed by atoms with Crippen molar-refractivity contribution >= 4 is 11.8 Å². The molecular formula is C21H22N2O2. The van der Waals surface area contributed by atoms with Gasteiger partial charge in [-0.15, -0.1) is 0 Å². The quantitative estimate of drug-likeness (QED) is 0.865. The molecule has 0 saturated carbocycles. The molecule has 0 aliphatic carbocycles. The van der Waals surface area contributed by atoms with Crippen molar-refractivity contribution in [2.24, 2.45) is 0 Å². The summed E-state index contributed by atoms with van der Waals surface area (Å²) in [5.74, 6) is 0.173. The van der Waals surface area contributed by atoms with E-state index in [4.69, 9.17) is 0 Å². The van der Waals surface area contributed by atoms with Crippen LogP contribution in [0.3, 0.4) is 0 Å². The third-order valence-corrected chi connectivity index (χ3v) is 5.37. The molecule has 2 atom stereocenters. The highest BCUT2D eigenvalue weighted by Crippen LogP contribution is 2.30. The van der Waals surface area contributed by atoms with Crippen LogP contribution < -0.4 is 0 Å². The Morgan fingerprint density at radius 1 is 0.960 bits per heavy atom. The zero-order valence-corrected chi connectivity index (χ0v) is 14.4. The van der Waals surface area contributed by atoms with Gasteiger partial charge in [0.2, 0.25) is 11.8 Å². The van der Waals surface area contributed by atoms with Gasteiger partial charge in [-0.05, 0) is 36.5 Å². The summed E-state index contributed by atoms with van der Waals surface area (Å²) in [4.78, 5) is 29.1. The molecule has 0 radical (unpaired) electrons. The third-order valence-electron chi connectivity index (χ3n) is 5.37. The summed E-state index contributed by atoms with van der Waals surface area (Å²) in [6.07, 6.45) is 1.71. The molecule has 2 aliphatic heterocycles. The predicted octanol–water partition coefficient (Wildman–Crippen LogP) is 3.08. The Morgan fingerprint density at radius 2 is 1.68 bits per heavy atom. The molecule has 0 N–H and O–H groups in total. The van der Waals surface area contributed by atoms with Crippen molar-refractivity contribution in [1.29, 1.82) is 0 Å². The number of carbonyl (C=O) groups is 2. The van der Waals surface area contributed by atoms with Gasteiger partial charge in [0.1, 0.15) is 12.1 Å². The number of hydrogen-bond acceptors (Lipinski definition) is 2. The number of fused-ring (bicyclic) bond motifs is 1. The summed E-state index contributed by atoms with van der Waals surface area (Å²) < 4.78 is 0. The van der Waals surface area contributed by atoms with Gasteiger partial charge in [0.05, 0.1) is 0 Å². The highest BCUT2D eigenvalue weighted by atomic mass is 16.2. The van der Waals surface area contributed by atoms with Crippen molar-refractivity contribution < 1.29 is 9.59 Å². The maximum atomic E-state index is 12.9. The monoisotopic (exact) mass is 334 g/mol. The lowest BCUT2D eigenvalue weighted by Gasteiger charge is -2.41. The fourth-order valence-electron chi connectivity index (χ4n) is 4.00. The number of nitrogens with zero attached hydrogens (tertiary/aromatic N) is 2. The van der Waals surface area contributed by atoms with Crippen LogP contribution in [0.5, 0.6) is 0 Å². The summed E-state index contributed by atoms with van der Waals surface area (Å²) in [6.45, 7) is 3.04. The molecule has 2 saturated heterocycles. The lowest BCUT2D eigenvalue weighted by molar-refractivity contribution is -0.159. The zero-order chi connectivity index (χ0) is 17.4. The van der Waals surface area contributed by atoms with Crippen LogP contribution in [0.15, 0.2) is 54.6 Å². The maximum absolute atomic E-state index is 12.9. The van der Waals surface area contributed by atoms with Crippen LogP contribution >= 0.6 is 0 Å². The van der Waals surface area contributed by atoms with Crippen LogP contribution in [0.25, 0.3) is 11.1 Å². The van der Waals surface area contributed by atoms with Gasteiger partial charge >= 0.3 is 0 Å². The number of amides is 2. The Labute approximate surface area is 148 Å². The molecule has 2 aromatic carbocycles. The van der Waals surface area contributed by atoms with Crippen molar-refractivity contribution in [1.82, 2.24) is 9.80 Å². The van der Waals surface area contributed by atoms with Crippen molar-refractivity contribution in [2.45, 2.75) is 38.4 Å². The van der Waals surface area contributed by atoms with E-state index in [-0.39, 0.29) is 17.9 Å². The molecule has 4 nitrogen and oxygen atoms in total. The molecular weight excluding hydrogens is 312 g/mol. The zero-order valence-electron chi connectivity index (χ0n) is 14.4. The summed E-state index contributed by atoms with van der Waals surface area (Å²) in [7, 11) is 0. The van der Waals surface area contributed by atoms with Gasteiger partial charge < -0.3 is 9.80 Å². The lowest BCUT2D eigenvalue weighted by Crippen LogP contribution is -2.61. The molecule has 2 aromatic rings. The maximum Gasteiger partial charge on any atom is 0.246 e. The Kier molecular flexibility index (Phi) is 4.04. The van der Waals surface area contributed by atoms with Crippen molar-refractivity contribution in [3.05, 3.63) is 60.2 Å². The first-order valence-corrected chi connectivity index (χ1v) is 8.91. The SMILES string of the molecule is C[C@H]1C(=O)N2CCC[C@H]2C(=O)N1Cc1ccccc1-c1ccccc1. The Bertz CT molecular complexity index is 803. The Hall–Kier alpha value is -2.62. The molecule has 0 aromatic heterocycles. The molecule has 4 rings (SSSR count). The van der Waals surface area contributed by atoms with Crippen LogP contribution in [0.2, 0.25) is 0 Å². The Balaban J connectivity index is 1.66. The van der Waals surface area contributed by atoms with Gasteiger partial charge in [-0.25, -0.2) is 0 Å². The summed E-state index contributed by atoms with van der Waals surface area (Å²) in [5.41, 5.74) is 3.32.